The smallest absolute Gasteiger partial charge is 0.267 e. The summed E-state index contributed by atoms with van der Waals surface area (Å²) in [5, 5.41) is 7.95. The number of ether oxygens (including phenoxy) is 2. The Morgan fingerprint density at radius 3 is 2.55 bits per heavy atom. The van der Waals surface area contributed by atoms with Gasteiger partial charge in [-0.2, -0.15) is 0 Å². The standard InChI is InChI=1S/C30H32N8O3S/c1-40-25-15-21-23(16-26(25)41-2)36-30(42)38(28(21)31)12-9-33-29(39)24-14-19-4-3-18(13-22(19)35-24)20-5-6-27(34-17-20)37-10-7-32-8-11-37/h3-6,13-17,32,35H,7-12,31H2,1-2H3,(H,33,39). The van der Waals surface area contributed by atoms with Gasteiger partial charge in [0.15, 0.2) is 11.5 Å². The van der Waals surface area contributed by atoms with Crippen molar-refractivity contribution in [3.05, 3.63) is 65.2 Å². The first kappa shape index (κ1) is 27.5. The summed E-state index contributed by atoms with van der Waals surface area (Å²) in [6, 6.07) is 15.6. The number of carbonyl (C=O) groups is 1. The molecule has 0 unspecified atom stereocenters. The number of rotatable bonds is 8. The number of anilines is 2. The van der Waals surface area contributed by atoms with E-state index in [0.717, 1.165) is 54.0 Å². The van der Waals surface area contributed by atoms with E-state index in [0.29, 0.717) is 51.8 Å². The summed E-state index contributed by atoms with van der Waals surface area (Å²) in [4.78, 5) is 27.7. The molecule has 1 aliphatic heterocycles. The summed E-state index contributed by atoms with van der Waals surface area (Å²) in [5.41, 5.74) is 10.5. The lowest BCUT2D eigenvalue weighted by molar-refractivity contribution is 0.0948. The fourth-order valence-corrected chi connectivity index (χ4v) is 5.53. The Kier molecular flexibility index (Phi) is 7.64. The minimum atomic E-state index is -0.222. The van der Waals surface area contributed by atoms with Crippen molar-refractivity contribution in [2.45, 2.75) is 6.54 Å². The van der Waals surface area contributed by atoms with Crippen LogP contribution in [-0.2, 0) is 6.54 Å². The molecule has 4 heterocycles. The number of amides is 1. The van der Waals surface area contributed by atoms with Crippen LogP contribution in [0.25, 0.3) is 32.9 Å². The van der Waals surface area contributed by atoms with Crippen LogP contribution in [-0.4, -0.2) is 72.4 Å². The van der Waals surface area contributed by atoms with Crippen molar-refractivity contribution in [1.29, 1.82) is 0 Å². The molecule has 0 radical (unpaired) electrons. The van der Waals surface area contributed by atoms with Gasteiger partial charge in [0.2, 0.25) is 4.77 Å². The highest BCUT2D eigenvalue weighted by Gasteiger charge is 2.15. The third-order valence-electron chi connectivity index (χ3n) is 7.53. The molecule has 42 heavy (non-hydrogen) atoms. The predicted molar refractivity (Wildman–Crippen MR) is 167 cm³/mol. The maximum atomic E-state index is 13.0. The molecule has 0 aliphatic carbocycles. The maximum absolute atomic E-state index is 13.0. The molecular formula is C30H32N8O3S. The number of fused-ring (bicyclic) bond motifs is 2. The zero-order chi connectivity index (χ0) is 29.2. The van der Waals surface area contributed by atoms with E-state index in [2.05, 4.69) is 42.6 Å². The average molecular weight is 585 g/mol. The van der Waals surface area contributed by atoms with Crippen LogP contribution in [0.15, 0.2) is 54.7 Å². The monoisotopic (exact) mass is 584 g/mol. The van der Waals surface area contributed by atoms with Crippen LogP contribution in [0.5, 0.6) is 11.5 Å². The van der Waals surface area contributed by atoms with Crippen molar-refractivity contribution < 1.29 is 14.3 Å². The minimum absolute atomic E-state index is 0.222. The van der Waals surface area contributed by atoms with Crippen LogP contribution in [0.2, 0.25) is 0 Å². The van der Waals surface area contributed by atoms with E-state index in [1.165, 1.54) is 0 Å². The molecule has 5 N–H and O–H groups in total. The predicted octanol–water partition coefficient (Wildman–Crippen LogP) is 3.75. The van der Waals surface area contributed by atoms with E-state index in [1.54, 1.807) is 30.9 Å². The van der Waals surface area contributed by atoms with Crippen molar-refractivity contribution in [3.8, 4) is 22.6 Å². The number of piperazine rings is 1. The van der Waals surface area contributed by atoms with Gasteiger partial charge in [-0.25, -0.2) is 9.97 Å². The van der Waals surface area contributed by atoms with Crippen LogP contribution in [0.1, 0.15) is 10.5 Å². The number of methoxy groups -OCH3 is 2. The Balaban J connectivity index is 1.14. The number of nitrogens with zero attached hydrogens (tertiary/aromatic N) is 4. The molecule has 1 fully saturated rings. The number of aromatic amines is 1. The maximum Gasteiger partial charge on any atom is 0.267 e. The third kappa shape index (κ3) is 5.33. The largest absolute Gasteiger partial charge is 0.493 e. The molecule has 11 nitrogen and oxygen atoms in total. The van der Waals surface area contributed by atoms with Gasteiger partial charge in [0.05, 0.1) is 19.7 Å². The number of H-pyrrole nitrogens is 1. The lowest BCUT2D eigenvalue weighted by Crippen LogP contribution is -2.43. The molecule has 1 saturated heterocycles. The Labute approximate surface area is 247 Å². The summed E-state index contributed by atoms with van der Waals surface area (Å²) < 4.78 is 12.8. The first-order chi connectivity index (χ1) is 20.4. The van der Waals surface area contributed by atoms with Gasteiger partial charge < -0.3 is 40.3 Å². The van der Waals surface area contributed by atoms with Gasteiger partial charge in [-0.15, -0.1) is 0 Å². The molecule has 0 saturated carbocycles. The topological polar surface area (TPSA) is 135 Å². The number of nitrogen functional groups attached to an aromatic ring is 1. The summed E-state index contributed by atoms with van der Waals surface area (Å²) >= 11 is 5.49. The third-order valence-corrected chi connectivity index (χ3v) is 7.84. The average Bonchev–Trinajstić information content (AvgIpc) is 3.46. The SMILES string of the molecule is COc1cc2nc(=S)n(CCNC(=O)c3cc4ccc(-c5ccc(N6CCNCC6)nc5)cc4[nH]3)c(N)c2cc1OC. The Bertz CT molecular complexity index is 1830. The second kappa shape index (κ2) is 11.7. The molecule has 1 aliphatic rings. The Morgan fingerprint density at radius 1 is 1.05 bits per heavy atom. The molecular weight excluding hydrogens is 552 g/mol. The van der Waals surface area contributed by atoms with Gasteiger partial charge in [-0.1, -0.05) is 12.1 Å². The lowest BCUT2D eigenvalue weighted by Gasteiger charge is -2.28. The Hall–Kier alpha value is -4.68. The van der Waals surface area contributed by atoms with E-state index in [9.17, 15) is 4.79 Å². The second-order valence-corrected chi connectivity index (χ2v) is 10.4. The molecule has 6 rings (SSSR count). The van der Waals surface area contributed by atoms with Crippen molar-refractivity contribution >= 4 is 51.6 Å². The normalized spacial score (nSPS) is 13.4. The molecule has 3 aromatic heterocycles. The summed E-state index contributed by atoms with van der Waals surface area (Å²) in [6.45, 7) is 4.51. The molecule has 5 aromatic rings. The minimum Gasteiger partial charge on any atom is -0.493 e. The molecule has 216 valence electrons. The summed E-state index contributed by atoms with van der Waals surface area (Å²) in [7, 11) is 3.12. The van der Waals surface area contributed by atoms with Gasteiger partial charge in [0.25, 0.3) is 5.91 Å². The lowest BCUT2D eigenvalue weighted by atomic mass is 10.1. The first-order valence-electron chi connectivity index (χ1n) is 13.7. The van der Waals surface area contributed by atoms with Gasteiger partial charge in [-0.05, 0) is 48.1 Å². The zero-order valence-corrected chi connectivity index (χ0v) is 24.3. The number of carbonyl (C=O) groups excluding carboxylic acids is 1. The van der Waals surface area contributed by atoms with E-state index in [1.807, 2.05) is 30.5 Å². The summed E-state index contributed by atoms with van der Waals surface area (Å²) in [5.74, 6) is 2.29. The first-order valence-corrected chi connectivity index (χ1v) is 14.1. The van der Waals surface area contributed by atoms with E-state index >= 15 is 0 Å². The van der Waals surface area contributed by atoms with Crippen LogP contribution in [0.4, 0.5) is 11.6 Å². The molecule has 12 heteroatoms. The van der Waals surface area contributed by atoms with Gasteiger partial charge in [0.1, 0.15) is 17.3 Å². The molecule has 0 atom stereocenters. The van der Waals surface area contributed by atoms with Crippen LogP contribution >= 0.6 is 12.2 Å². The highest BCUT2D eigenvalue weighted by Crippen LogP contribution is 2.33. The number of nitrogens with two attached hydrogens (primary N) is 1. The van der Waals surface area contributed by atoms with Gasteiger partial charge in [0, 0.05) is 73.4 Å². The zero-order valence-electron chi connectivity index (χ0n) is 23.4. The van der Waals surface area contributed by atoms with Crippen LogP contribution in [0, 0.1) is 4.77 Å². The number of benzene rings is 2. The van der Waals surface area contributed by atoms with Crippen molar-refractivity contribution in [2.75, 3.05) is 57.6 Å². The fraction of sp³-hybridized carbons (Fsp3) is 0.267. The quantitative estimate of drug-likeness (QED) is 0.201. The highest BCUT2D eigenvalue weighted by molar-refractivity contribution is 7.71. The van der Waals surface area contributed by atoms with E-state index < -0.39 is 0 Å². The van der Waals surface area contributed by atoms with Crippen molar-refractivity contribution in [1.82, 2.24) is 30.2 Å². The van der Waals surface area contributed by atoms with Crippen LogP contribution < -0.4 is 30.7 Å². The fourth-order valence-electron chi connectivity index (χ4n) is 5.24. The van der Waals surface area contributed by atoms with Crippen LogP contribution in [0.3, 0.4) is 0 Å². The molecule has 0 bridgehead atoms. The number of aromatic nitrogens is 4. The van der Waals surface area contributed by atoms with Gasteiger partial charge in [-0.3, -0.25) is 4.79 Å². The van der Waals surface area contributed by atoms with E-state index in [4.69, 9.17) is 27.4 Å². The van der Waals surface area contributed by atoms with Gasteiger partial charge >= 0.3 is 0 Å². The molecule has 2 aromatic carbocycles. The van der Waals surface area contributed by atoms with E-state index in [-0.39, 0.29) is 5.91 Å². The molecule has 0 spiro atoms. The second-order valence-electron chi connectivity index (χ2n) is 10.0. The van der Waals surface area contributed by atoms with Crippen molar-refractivity contribution in [2.24, 2.45) is 0 Å². The number of nitrogens with one attached hydrogen (secondary N) is 3. The Morgan fingerprint density at radius 2 is 1.81 bits per heavy atom. The number of pyridine rings is 1. The number of hydrogen-bond acceptors (Lipinski definition) is 9. The summed E-state index contributed by atoms with van der Waals surface area (Å²) in [6.07, 6.45) is 1.90. The number of hydrogen-bond donors (Lipinski definition) is 4. The highest BCUT2D eigenvalue weighted by atomic mass is 32.1. The van der Waals surface area contributed by atoms with Crippen molar-refractivity contribution in [3.63, 3.8) is 0 Å². The molecule has 1 amide bonds.